The van der Waals surface area contributed by atoms with Crippen molar-refractivity contribution < 1.29 is 9.53 Å². The average molecular weight is 244 g/mol. The van der Waals surface area contributed by atoms with Gasteiger partial charge in [0.05, 0.1) is 19.1 Å². The van der Waals surface area contributed by atoms with Crippen LogP contribution in [0.1, 0.15) is 12.0 Å². The number of hydrogen-bond acceptors (Lipinski definition) is 4. The number of nitriles is 1. The fourth-order valence-electron chi connectivity index (χ4n) is 2.37. The van der Waals surface area contributed by atoms with Crippen LogP contribution in [-0.4, -0.2) is 30.6 Å². The molecule has 2 rings (SSSR count). The van der Waals surface area contributed by atoms with Gasteiger partial charge in [0.25, 0.3) is 0 Å². The summed E-state index contributed by atoms with van der Waals surface area (Å²) in [7, 11) is 1.39. The van der Waals surface area contributed by atoms with Crippen molar-refractivity contribution in [3.05, 3.63) is 35.9 Å². The van der Waals surface area contributed by atoms with Crippen molar-refractivity contribution in [2.45, 2.75) is 19.0 Å². The van der Waals surface area contributed by atoms with Crippen LogP contribution in [0.25, 0.3) is 0 Å². The molecule has 0 spiro atoms. The van der Waals surface area contributed by atoms with E-state index in [9.17, 15) is 4.79 Å². The van der Waals surface area contributed by atoms with E-state index >= 15 is 0 Å². The lowest BCUT2D eigenvalue weighted by atomic mass is 10.1. The van der Waals surface area contributed by atoms with Crippen molar-refractivity contribution in [1.29, 1.82) is 5.26 Å². The second-order valence-corrected chi connectivity index (χ2v) is 4.52. The largest absolute Gasteiger partial charge is 0.468 e. The molecule has 1 aromatic carbocycles. The van der Waals surface area contributed by atoms with Gasteiger partial charge in [0.15, 0.2) is 0 Å². The van der Waals surface area contributed by atoms with Crippen LogP contribution in [0.2, 0.25) is 0 Å². The number of nitrogens with zero attached hydrogens (tertiary/aromatic N) is 2. The highest BCUT2D eigenvalue weighted by Crippen LogP contribution is 2.25. The minimum atomic E-state index is -0.292. The van der Waals surface area contributed by atoms with Crippen molar-refractivity contribution >= 4 is 5.97 Å². The minimum absolute atomic E-state index is 0.0854. The van der Waals surface area contributed by atoms with Gasteiger partial charge in [-0.1, -0.05) is 30.3 Å². The van der Waals surface area contributed by atoms with E-state index in [1.165, 1.54) is 7.11 Å². The van der Waals surface area contributed by atoms with E-state index < -0.39 is 0 Å². The molecule has 94 valence electrons. The van der Waals surface area contributed by atoms with Crippen molar-refractivity contribution in [2.75, 3.05) is 13.7 Å². The zero-order chi connectivity index (χ0) is 13.0. The van der Waals surface area contributed by atoms with Gasteiger partial charge >= 0.3 is 5.97 Å². The fourth-order valence-corrected chi connectivity index (χ4v) is 2.37. The van der Waals surface area contributed by atoms with Crippen LogP contribution >= 0.6 is 0 Å². The number of benzene rings is 1. The maximum atomic E-state index is 11.7. The van der Waals surface area contributed by atoms with Gasteiger partial charge in [0.1, 0.15) is 6.04 Å². The van der Waals surface area contributed by atoms with Crippen LogP contribution in [0.5, 0.6) is 0 Å². The Bertz CT molecular complexity index is 453. The van der Waals surface area contributed by atoms with E-state index in [0.29, 0.717) is 19.5 Å². The minimum Gasteiger partial charge on any atom is -0.468 e. The molecule has 1 aliphatic heterocycles. The summed E-state index contributed by atoms with van der Waals surface area (Å²) < 4.78 is 4.80. The molecule has 0 amide bonds. The Kier molecular flexibility index (Phi) is 3.96. The maximum absolute atomic E-state index is 11.7. The van der Waals surface area contributed by atoms with Crippen molar-refractivity contribution in [2.24, 2.45) is 5.92 Å². The SMILES string of the molecule is COC(=O)C1C[C@@H](C#N)CN1Cc1ccccc1. The Balaban J connectivity index is 2.10. The van der Waals surface area contributed by atoms with Crippen molar-refractivity contribution in [1.82, 2.24) is 4.90 Å². The Morgan fingerprint density at radius 3 is 2.83 bits per heavy atom. The molecular weight excluding hydrogens is 228 g/mol. The molecule has 0 N–H and O–H groups in total. The highest BCUT2D eigenvalue weighted by molar-refractivity contribution is 5.76. The lowest BCUT2D eigenvalue weighted by molar-refractivity contribution is -0.146. The van der Waals surface area contributed by atoms with Gasteiger partial charge in [-0.05, 0) is 12.0 Å². The van der Waals surface area contributed by atoms with E-state index in [1.807, 2.05) is 35.2 Å². The quantitative estimate of drug-likeness (QED) is 0.757. The highest BCUT2D eigenvalue weighted by Gasteiger charge is 2.37. The van der Waals surface area contributed by atoms with E-state index in [2.05, 4.69) is 6.07 Å². The summed E-state index contributed by atoms with van der Waals surface area (Å²) in [5, 5.41) is 8.99. The van der Waals surface area contributed by atoms with Gasteiger partial charge in [-0.2, -0.15) is 5.26 Å². The number of carbonyl (C=O) groups is 1. The number of esters is 1. The molecular formula is C14H16N2O2. The molecule has 1 fully saturated rings. The predicted molar refractivity (Wildman–Crippen MR) is 66.4 cm³/mol. The summed E-state index contributed by atoms with van der Waals surface area (Å²) in [5.41, 5.74) is 1.14. The normalized spacial score (nSPS) is 23.6. The lowest BCUT2D eigenvalue weighted by Crippen LogP contribution is -2.36. The first-order valence-corrected chi connectivity index (χ1v) is 6.00. The molecule has 0 saturated carbocycles. The third-order valence-electron chi connectivity index (χ3n) is 3.29. The molecule has 0 aromatic heterocycles. The van der Waals surface area contributed by atoms with Crippen LogP contribution in [-0.2, 0) is 16.1 Å². The third kappa shape index (κ3) is 2.69. The van der Waals surface area contributed by atoms with Gasteiger partial charge in [-0.15, -0.1) is 0 Å². The van der Waals surface area contributed by atoms with E-state index in [0.717, 1.165) is 5.56 Å². The topological polar surface area (TPSA) is 53.3 Å². The van der Waals surface area contributed by atoms with Gasteiger partial charge < -0.3 is 4.74 Å². The summed E-state index contributed by atoms with van der Waals surface area (Å²) in [6, 6.07) is 11.9. The highest BCUT2D eigenvalue weighted by atomic mass is 16.5. The number of ether oxygens (including phenoxy) is 1. The Morgan fingerprint density at radius 2 is 2.22 bits per heavy atom. The molecule has 1 heterocycles. The predicted octanol–water partition coefficient (Wildman–Crippen LogP) is 1.57. The number of hydrogen-bond donors (Lipinski definition) is 0. The number of rotatable bonds is 3. The van der Waals surface area contributed by atoms with E-state index in [-0.39, 0.29) is 17.9 Å². The summed E-state index contributed by atoms with van der Waals surface area (Å²) in [5.74, 6) is -0.332. The summed E-state index contributed by atoms with van der Waals surface area (Å²) >= 11 is 0. The molecule has 0 aliphatic carbocycles. The zero-order valence-electron chi connectivity index (χ0n) is 10.4. The first-order chi connectivity index (χ1) is 8.74. The first kappa shape index (κ1) is 12.6. The zero-order valence-corrected chi connectivity index (χ0v) is 10.4. The van der Waals surface area contributed by atoms with Crippen molar-refractivity contribution in [3.63, 3.8) is 0 Å². The van der Waals surface area contributed by atoms with Gasteiger partial charge in [-0.3, -0.25) is 9.69 Å². The molecule has 1 aliphatic rings. The molecule has 0 bridgehead atoms. The van der Waals surface area contributed by atoms with Crippen LogP contribution in [0.3, 0.4) is 0 Å². The van der Waals surface area contributed by atoms with Gasteiger partial charge in [-0.25, -0.2) is 0 Å². The third-order valence-corrected chi connectivity index (χ3v) is 3.29. The van der Waals surface area contributed by atoms with Gasteiger partial charge in [0.2, 0.25) is 0 Å². The standard InChI is InChI=1S/C14H16N2O2/c1-18-14(17)13-7-12(8-15)10-16(13)9-11-5-3-2-4-6-11/h2-6,12-13H,7,9-10H2,1H3/t12-,13?/m0/s1. The Labute approximate surface area is 107 Å². The second-order valence-electron chi connectivity index (χ2n) is 4.52. The number of likely N-dealkylation sites (tertiary alicyclic amines) is 1. The van der Waals surface area contributed by atoms with Gasteiger partial charge in [0, 0.05) is 13.1 Å². The fraction of sp³-hybridized carbons (Fsp3) is 0.429. The summed E-state index contributed by atoms with van der Waals surface area (Å²) in [6.07, 6.45) is 0.565. The molecule has 1 aromatic rings. The monoisotopic (exact) mass is 244 g/mol. The first-order valence-electron chi connectivity index (χ1n) is 6.00. The maximum Gasteiger partial charge on any atom is 0.323 e. The van der Waals surface area contributed by atoms with Crippen LogP contribution < -0.4 is 0 Å². The second kappa shape index (κ2) is 5.65. The van der Waals surface area contributed by atoms with E-state index in [4.69, 9.17) is 10.00 Å². The number of carbonyl (C=O) groups excluding carboxylic acids is 1. The van der Waals surface area contributed by atoms with E-state index in [1.54, 1.807) is 0 Å². The smallest absolute Gasteiger partial charge is 0.323 e. The Morgan fingerprint density at radius 1 is 1.50 bits per heavy atom. The van der Waals surface area contributed by atoms with Crippen LogP contribution in [0.15, 0.2) is 30.3 Å². The van der Waals surface area contributed by atoms with Crippen molar-refractivity contribution in [3.8, 4) is 6.07 Å². The van der Waals surface area contributed by atoms with Crippen LogP contribution in [0.4, 0.5) is 0 Å². The molecule has 2 atom stereocenters. The molecule has 4 nitrogen and oxygen atoms in total. The average Bonchev–Trinajstić information content (AvgIpc) is 2.82. The molecule has 1 saturated heterocycles. The van der Waals surface area contributed by atoms with Crippen LogP contribution in [0, 0.1) is 17.2 Å². The summed E-state index contributed by atoms with van der Waals surface area (Å²) in [6.45, 7) is 1.31. The molecule has 4 heteroatoms. The lowest BCUT2D eigenvalue weighted by Gasteiger charge is -2.21. The summed E-state index contributed by atoms with van der Waals surface area (Å²) in [4.78, 5) is 13.7. The molecule has 0 radical (unpaired) electrons. The number of methoxy groups -OCH3 is 1. The Hall–Kier alpha value is -1.86. The molecule has 1 unspecified atom stereocenters. The molecule has 18 heavy (non-hydrogen) atoms.